The number of rotatable bonds is 9. The van der Waals surface area contributed by atoms with Gasteiger partial charge >= 0.3 is 6.03 Å². The van der Waals surface area contributed by atoms with Gasteiger partial charge in [0.25, 0.3) is 0 Å². The van der Waals surface area contributed by atoms with E-state index in [-0.39, 0.29) is 5.91 Å². The lowest BCUT2D eigenvalue weighted by Gasteiger charge is -2.17. The van der Waals surface area contributed by atoms with E-state index in [1.165, 1.54) is 0 Å². The summed E-state index contributed by atoms with van der Waals surface area (Å²) < 4.78 is 5.72. The van der Waals surface area contributed by atoms with Crippen molar-refractivity contribution in [1.82, 2.24) is 5.32 Å². The van der Waals surface area contributed by atoms with Crippen LogP contribution in [0.5, 0.6) is 5.75 Å². The highest BCUT2D eigenvalue weighted by atomic mass is 32.2. The molecule has 0 bridgehead atoms. The van der Waals surface area contributed by atoms with Crippen molar-refractivity contribution in [2.45, 2.75) is 19.1 Å². The molecule has 1 atom stereocenters. The molecule has 138 valence electrons. The summed E-state index contributed by atoms with van der Waals surface area (Å²) in [5, 5.41) is 5.26. The number of benzene rings is 2. The van der Waals surface area contributed by atoms with E-state index in [0.717, 1.165) is 11.3 Å². The average Bonchev–Trinajstić information content (AvgIpc) is 2.65. The number of urea groups is 1. The summed E-state index contributed by atoms with van der Waals surface area (Å²) in [6.45, 7) is 0.478. The summed E-state index contributed by atoms with van der Waals surface area (Å²) in [5.74, 6) is 1.15. The molecule has 3 amide bonds. The second-order valence-electron chi connectivity index (χ2n) is 5.63. The summed E-state index contributed by atoms with van der Waals surface area (Å²) >= 11 is 1.60. The van der Waals surface area contributed by atoms with E-state index < -0.39 is 12.1 Å². The molecule has 0 unspecified atom stereocenters. The zero-order valence-electron chi connectivity index (χ0n) is 14.6. The number of nitrogens with two attached hydrogens (primary N) is 1. The fourth-order valence-electron chi connectivity index (χ4n) is 2.28. The molecular weight excluding hydrogens is 350 g/mol. The van der Waals surface area contributed by atoms with Gasteiger partial charge in [-0.25, -0.2) is 4.79 Å². The minimum Gasteiger partial charge on any atom is -0.489 e. The number of anilines is 1. The third kappa shape index (κ3) is 6.68. The molecule has 0 aliphatic carbocycles. The van der Waals surface area contributed by atoms with Crippen LogP contribution in [-0.4, -0.2) is 30.0 Å². The molecule has 0 saturated heterocycles. The smallest absolute Gasteiger partial charge is 0.312 e. The van der Waals surface area contributed by atoms with Crippen LogP contribution in [0.3, 0.4) is 0 Å². The fourth-order valence-corrected chi connectivity index (χ4v) is 2.75. The molecule has 0 spiro atoms. The van der Waals surface area contributed by atoms with Crippen molar-refractivity contribution in [2.24, 2.45) is 5.73 Å². The van der Waals surface area contributed by atoms with Gasteiger partial charge in [-0.05, 0) is 48.3 Å². The van der Waals surface area contributed by atoms with Crippen LogP contribution in [0.15, 0.2) is 54.6 Å². The van der Waals surface area contributed by atoms with Gasteiger partial charge in [0.1, 0.15) is 18.4 Å². The zero-order valence-corrected chi connectivity index (χ0v) is 15.4. The lowest BCUT2D eigenvalue weighted by Crippen LogP contribution is -2.46. The third-order valence-electron chi connectivity index (χ3n) is 3.61. The Morgan fingerprint density at radius 1 is 1.12 bits per heavy atom. The molecule has 2 rings (SSSR count). The molecule has 2 aromatic carbocycles. The first kappa shape index (κ1) is 19.7. The maximum atomic E-state index is 12.3. The minimum absolute atomic E-state index is 0.296. The number of hydrogen-bond acceptors (Lipinski definition) is 4. The summed E-state index contributed by atoms with van der Waals surface area (Å²) in [6, 6.07) is 15.6. The topological polar surface area (TPSA) is 93.5 Å². The van der Waals surface area contributed by atoms with Crippen LogP contribution >= 0.6 is 11.8 Å². The van der Waals surface area contributed by atoms with Crippen molar-refractivity contribution in [3.63, 3.8) is 0 Å². The average molecular weight is 373 g/mol. The van der Waals surface area contributed by atoms with Gasteiger partial charge in [0.2, 0.25) is 5.91 Å². The van der Waals surface area contributed by atoms with E-state index in [1.807, 2.05) is 36.6 Å². The minimum atomic E-state index is -0.712. The lowest BCUT2D eigenvalue weighted by atomic mass is 10.2. The van der Waals surface area contributed by atoms with E-state index in [0.29, 0.717) is 24.5 Å². The molecule has 0 aromatic heterocycles. The Morgan fingerprint density at radius 3 is 2.42 bits per heavy atom. The number of carbonyl (C=O) groups is 2. The molecule has 4 N–H and O–H groups in total. The van der Waals surface area contributed by atoms with E-state index >= 15 is 0 Å². The van der Waals surface area contributed by atoms with Gasteiger partial charge in [-0.2, -0.15) is 11.8 Å². The molecule has 2 aromatic rings. The Morgan fingerprint density at radius 2 is 1.81 bits per heavy atom. The number of amides is 3. The van der Waals surface area contributed by atoms with Crippen molar-refractivity contribution in [3.05, 3.63) is 60.2 Å². The van der Waals surface area contributed by atoms with Crippen LogP contribution in [0.2, 0.25) is 0 Å². The number of primary amides is 1. The van der Waals surface area contributed by atoms with Crippen LogP contribution in [-0.2, 0) is 11.4 Å². The van der Waals surface area contributed by atoms with Gasteiger partial charge in [-0.3, -0.25) is 4.79 Å². The van der Waals surface area contributed by atoms with Crippen molar-refractivity contribution < 1.29 is 14.3 Å². The van der Waals surface area contributed by atoms with Crippen LogP contribution < -0.4 is 21.1 Å². The number of carbonyl (C=O) groups excluding carboxylic acids is 2. The SMILES string of the molecule is CSCC[C@H](NC(N)=O)C(=O)Nc1ccc(OCc2ccccc2)cc1. The summed E-state index contributed by atoms with van der Waals surface area (Å²) in [5.41, 5.74) is 6.85. The fraction of sp³-hybridized carbons (Fsp3) is 0.263. The summed E-state index contributed by atoms with van der Waals surface area (Å²) in [6.07, 6.45) is 2.45. The van der Waals surface area contributed by atoms with Gasteiger partial charge < -0.3 is 21.1 Å². The standard InChI is InChI=1S/C19H23N3O3S/c1-26-12-11-17(22-19(20)24)18(23)21-15-7-9-16(10-8-15)25-13-14-5-3-2-4-6-14/h2-10,17H,11-13H2,1H3,(H,21,23)(H3,20,22,24)/t17-/m0/s1. The highest BCUT2D eigenvalue weighted by Crippen LogP contribution is 2.17. The quantitative estimate of drug-likeness (QED) is 0.630. The van der Waals surface area contributed by atoms with Gasteiger partial charge in [0, 0.05) is 5.69 Å². The molecule has 0 fully saturated rings. The molecule has 26 heavy (non-hydrogen) atoms. The number of hydrogen-bond donors (Lipinski definition) is 3. The monoisotopic (exact) mass is 373 g/mol. The van der Waals surface area contributed by atoms with Crippen molar-refractivity contribution in [3.8, 4) is 5.75 Å². The van der Waals surface area contributed by atoms with Crippen molar-refractivity contribution in [2.75, 3.05) is 17.3 Å². The zero-order chi connectivity index (χ0) is 18.8. The number of ether oxygens (including phenoxy) is 1. The molecule has 0 aliphatic rings. The lowest BCUT2D eigenvalue weighted by molar-refractivity contribution is -0.117. The first-order valence-corrected chi connectivity index (χ1v) is 9.60. The van der Waals surface area contributed by atoms with E-state index in [9.17, 15) is 9.59 Å². The molecule has 7 heteroatoms. The second-order valence-corrected chi connectivity index (χ2v) is 6.62. The number of thioether (sulfide) groups is 1. The summed E-state index contributed by atoms with van der Waals surface area (Å²) in [4.78, 5) is 23.4. The first-order chi connectivity index (χ1) is 12.6. The van der Waals surface area contributed by atoms with Crippen molar-refractivity contribution >= 4 is 29.4 Å². The van der Waals surface area contributed by atoms with Crippen LogP contribution in [0.1, 0.15) is 12.0 Å². The van der Waals surface area contributed by atoms with Gasteiger partial charge in [-0.15, -0.1) is 0 Å². The largest absolute Gasteiger partial charge is 0.489 e. The predicted octanol–water partition coefficient (Wildman–Crippen LogP) is 2.99. The highest BCUT2D eigenvalue weighted by Gasteiger charge is 2.19. The molecule has 0 radical (unpaired) electrons. The van der Waals surface area contributed by atoms with E-state index in [1.54, 1.807) is 36.0 Å². The molecule has 6 nitrogen and oxygen atoms in total. The Bertz CT molecular complexity index is 708. The molecular formula is C19H23N3O3S. The first-order valence-electron chi connectivity index (χ1n) is 8.21. The Kier molecular flexibility index (Phi) is 7.82. The van der Waals surface area contributed by atoms with Gasteiger partial charge in [-0.1, -0.05) is 30.3 Å². The Labute approximate surface area is 157 Å². The third-order valence-corrected chi connectivity index (χ3v) is 4.26. The Hall–Kier alpha value is -2.67. The number of nitrogens with one attached hydrogen (secondary N) is 2. The van der Waals surface area contributed by atoms with Crippen molar-refractivity contribution in [1.29, 1.82) is 0 Å². The normalized spacial score (nSPS) is 11.4. The van der Waals surface area contributed by atoms with Crippen LogP contribution in [0, 0.1) is 0 Å². The summed E-state index contributed by atoms with van der Waals surface area (Å²) in [7, 11) is 0. The maximum absolute atomic E-state index is 12.3. The highest BCUT2D eigenvalue weighted by molar-refractivity contribution is 7.98. The predicted molar refractivity (Wildman–Crippen MR) is 105 cm³/mol. The Balaban J connectivity index is 1.90. The molecule has 0 aliphatic heterocycles. The van der Waals surface area contributed by atoms with Gasteiger partial charge in [0.15, 0.2) is 0 Å². The maximum Gasteiger partial charge on any atom is 0.312 e. The van der Waals surface area contributed by atoms with E-state index in [2.05, 4.69) is 10.6 Å². The molecule has 0 saturated carbocycles. The molecule has 0 heterocycles. The van der Waals surface area contributed by atoms with Crippen LogP contribution in [0.4, 0.5) is 10.5 Å². The second kappa shape index (κ2) is 10.4. The van der Waals surface area contributed by atoms with Gasteiger partial charge in [0.05, 0.1) is 0 Å². The van der Waals surface area contributed by atoms with E-state index in [4.69, 9.17) is 10.5 Å². The van der Waals surface area contributed by atoms with Crippen LogP contribution in [0.25, 0.3) is 0 Å².